The van der Waals surface area contributed by atoms with Crippen molar-refractivity contribution in [2.45, 2.75) is 63.6 Å². The molecule has 0 bridgehead atoms. The average molecular weight is 525 g/mol. The van der Waals surface area contributed by atoms with Crippen LogP contribution in [-0.2, 0) is 9.53 Å². The van der Waals surface area contributed by atoms with E-state index in [-0.39, 0.29) is 25.1 Å². The summed E-state index contributed by atoms with van der Waals surface area (Å²) in [5, 5.41) is 18.4. The van der Waals surface area contributed by atoms with Crippen molar-refractivity contribution in [3.05, 3.63) is 83.4 Å². The summed E-state index contributed by atoms with van der Waals surface area (Å²) >= 11 is 0. The number of rotatable bonds is 9. The number of amides is 1. The zero-order valence-electron chi connectivity index (χ0n) is 21.5. The first-order valence-electron chi connectivity index (χ1n) is 12.9. The fourth-order valence-corrected chi connectivity index (χ4v) is 5.29. The monoisotopic (exact) mass is 524 g/mol. The van der Waals surface area contributed by atoms with Crippen LogP contribution in [0, 0.1) is 0 Å². The maximum absolute atomic E-state index is 12.6. The van der Waals surface area contributed by atoms with Crippen LogP contribution >= 0.6 is 12.4 Å². The molecule has 1 aliphatic rings. The number of hydrogen-bond donors (Lipinski definition) is 3. The molecule has 0 aromatic heterocycles. The Kier molecular flexibility index (Phi) is 10.5. The average Bonchev–Trinajstić information content (AvgIpc) is 2.91. The van der Waals surface area contributed by atoms with Crippen molar-refractivity contribution in [3.8, 4) is 0 Å². The second kappa shape index (κ2) is 13.6. The van der Waals surface area contributed by atoms with E-state index in [9.17, 15) is 14.7 Å². The summed E-state index contributed by atoms with van der Waals surface area (Å²) in [5.74, 6) is -0.609. The van der Waals surface area contributed by atoms with E-state index in [1.807, 2.05) is 12.1 Å². The van der Waals surface area contributed by atoms with Crippen molar-refractivity contribution in [1.29, 1.82) is 0 Å². The van der Waals surface area contributed by atoms with E-state index in [0.717, 1.165) is 25.7 Å². The number of carbonyl (C=O) groups excluding carboxylic acids is 2. The number of aliphatic hydroxyl groups excluding tert-OH is 1. The lowest BCUT2D eigenvalue weighted by molar-refractivity contribution is -0.146. The standard InChI is InChI=1S/C30H36N2O4.ClH/c1-3-36-30(35)28(19-33)32-29(34)23-16-14-21(15-17-23)24-10-6-11-25(18-24)31-20(2)26-13-7-9-22-8-4-5-12-27(22)26;/h4-5,7-9,12-17,20,24-25,28,31,33H,3,6,10-11,18-19H2,1-2H3,(H,32,34);1H/t20-,24+,25+,28?;/m1./s1. The fraction of sp³-hybridized carbons (Fsp3) is 0.400. The Labute approximate surface area is 225 Å². The van der Waals surface area contributed by atoms with Gasteiger partial charge in [-0.3, -0.25) is 4.79 Å². The molecule has 3 N–H and O–H groups in total. The third-order valence-corrected chi connectivity index (χ3v) is 7.15. The minimum atomic E-state index is -1.06. The molecule has 0 saturated heterocycles. The third kappa shape index (κ3) is 7.10. The van der Waals surface area contributed by atoms with Crippen LogP contribution in [0.3, 0.4) is 0 Å². The molecule has 198 valence electrons. The fourth-order valence-electron chi connectivity index (χ4n) is 5.29. The number of ether oxygens (including phenoxy) is 1. The van der Waals surface area contributed by atoms with Gasteiger partial charge in [0.15, 0.2) is 6.04 Å². The summed E-state index contributed by atoms with van der Waals surface area (Å²) in [4.78, 5) is 24.4. The van der Waals surface area contributed by atoms with Crippen LogP contribution in [0.1, 0.15) is 73.0 Å². The Balaban J connectivity index is 0.00000380. The molecule has 0 heterocycles. The van der Waals surface area contributed by atoms with Gasteiger partial charge in [0.1, 0.15) is 0 Å². The molecule has 4 atom stereocenters. The lowest BCUT2D eigenvalue weighted by Crippen LogP contribution is -2.44. The van der Waals surface area contributed by atoms with E-state index in [1.54, 1.807) is 19.1 Å². The molecule has 1 aliphatic carbocycles. The van der Waals surface area contributed by atoms with Gasteiger partial charge < -0.3 is 20.5 Å². The third-order valence-electron chi connectivity index (χ3n) is 7.15. The van der Waals surface area contributed by atoms with E-state index >= 15 is 0 Å². The molecule has 1 fully saturated rings. The van der Waals surface area contributed by atoms with Gasteiger partial charge in [-0.15, -0.1) is 12.4 Å². The Bertz CT molecular complexity index is 1180. The van der Waals surface area contributed by atoms with Gasteiger partial charge in [0.05, 0.1) is 13.2 Å². The summed E-state index contributed by atoms with van der Waals surface area (Å²) in [6.45, 7) is 3.62. The Morgan fingerprint density at radius 2 is 1.76 bits per heavy atom. The first kappa shape index (κ1) is 28.6. The van der Waals surface area contributed by atoms with Crippen LogP contribution < -0.4 is 10.6 Å². The van der Waals surface area contributed by atoms with Crippen molar-refractivity contribution in [1.82, 2.24) is 10.6 Å². The van der Waals surface area contributed by atoms with Gasteiger partial charge in [0.25, 0.3) is 5.91 Å². The summed E-state index contributed by atoms with van der Waals surface area (Å²) in [6, 6.07) is 22.3. The number of esters is 1. The highest BCUT2D eigenvalue weighted by Crippen LogP contribution is 2.34. The summed E-state index contributed by atoms with van der Waals surface area (Å²) in [7, 11) is 0. The summed E-state index contributed by atoms with van der Waals surface area (Å²) < 4.78 is 4.90. The van der Waals surface area contributed by atoms with Crippen LogP contribution in [-0.4, -0.2) is 42.3 Å². The van der Waals surface area contributed by atoms with Crippen LogP contribution in [0.2, 0.25) is 0 Å². The largest absolute Gasteiger partial charge is 0.464 e. The number of benzene rings is 3. The van der Waals surface area contributed by atoms with Crippen molar-refractivity contribution in [2.24, 2.45) is 0 Å². The first-order chi connectivity index (χ1) is 17.5. The number of halogens is 1. The van der Waals surface area contributed by atoms with Crippen LogP contribution in [0.4, 0.5) is 0 Å². The SMILES string of the molecule is CCOC(=O)C(CO)NC(=O)c1ccc([C@H]2CCC[C@H](N[C@H](C)c3cccc4ccccc34)C2)cc1.Cl. The molecular formula is C30H37ClN2O4. The van der Waals surface area contributed by atoms with Gasteiger partial charge in [-0.2, -0.15) is 0 Å². The van der Waals surface area contributed by atoms with E-state index in [1.165, 1.54) is 21.9 Å². The molecule has 37 heavy (non-hydrogen) atoms. The lowest BCUT2D eigenvalue weighted by atomic mass is 9.80. The van der Waals surface area contributed by atoms with Crippen LogP contribution in [0.5, 0.6) is 0 Å². The zero-order valence-corrected chi connectivity index (χ0v) is 22.3. The van der Waals surface area contributed by atoms with Crippen LogP contribution in [0.25, 0.3) is 10.8 Å². The Morgan fingerprint density at radius 3 is 2.49 bits per heavy atom. The highest BCUT2D eigenvalue weighted by Gasteiger charge is 2.26. The van der Waals surface area contributed by atoms with E-state index in [0.29, 0.717) is 17.5 Å². The highest BCUT2D eigenvalue weighted by atomic mass is 35.5. The minimum Gasteiger partial charge on any atom is -0.464 e. The molecule has 1 saturated carbocycles. The Morgan fingerprint density at radius 1 is 1.03 bits per heavy atom. The van der Waals surface area contributed by atoms with Crippen molar-refractivity contribution >= 4 is 35.1 Å². The number of fused-ring (bicyclic) bond motifs is 1. The van der Waals surface area contributed by atoms with Gasteiger partial charge in [0.2, 0.25) is 0 Å². The maximum atomic E-state index is 12.6. The van der Waals surface area contributed by atoms with Gasteiger partial charge in [-0.25, -0.2) is 4.79 Å². The quantitative estimate of drug-likeness (QED) is 0.331. The molecule has 1 amide bonds. The van der Waals surface area contributed by atoms with Gasteiger partial charge in [-0.1, -0.05) is 61.0 Å². The molecule has 6 nitrogen and oxygen atoms in total. The van der Waals surface area contributed by atoms with Gasteiger partial charge >= 0.3 is 5.97 Å². The van der Waals surface area contributed by atoms with E-state index < -0.39 is 24.5 Å². The zero-order chi connectivity index (χ0) is 25.5. The molecule has 4 rings (SSSR count). The van der Waals surface area contributed by atoms with E-state index in [2.05, 4.69) is 60.0 Å². The molecule has 0 spiro atoms. The lowest BCUT2D eigenvalue weighted by Gasteiger charge is -2.32. The Hall–Kier alpha value is -2.93. The molecule has 7 heteroatoms. The minimum absolute atomic E-state index is 0. The maximum Gasteiger partial charge on any atom is 0.331 e. The predicted octanol–water partition coefficient (Wildman–Crippen LogP) is 5.29. The molecule has 1 unspecified atom stereocenters. The number of carbonyl (C=O) groups is 2. The molecule has 3 aromatic carbocycles. The molecule has 3 aromatic rings. The van der Waals surface area contributed by atoms with Crippen molar-refractivity contribution in [2.75, 3.05) is 13.2 Å². The molecule has 0 radical (unpaired) electrons. The number of aliphatic hydroxyl groups is 1. The topological polar surface area (TPSA) is 87.7 Å². The normalized spacial score (nSPS) is 18.9. The van der Waals surface area contributed by atoms with Crippen LogP contribution in [0.15, 0.2) is 66.7 Å². The summed E-state index contributed by atoms with van der Waals surface area (Å²) in [5.41, 5.74) is 3.01. The second-order valence-corrected chi connectivity index (χ2v) is 9.60. The van der Waals surface area contributed by atoms with Crippen molar-refractivity contribution in [3.63, 3.8) is 0 Å². The first-order valence-corrected chi connectivity index (χ1v) is 12.9. The highest BCUT2D eigenvalue weighted by molar-refractivity contribution is 5.96. The van der Waals surface area contributed by atoms with E-state index in [4.69, 9.17) is 4.74 Å². The smallest absolute Gasteiger partial charge is 0.331 e. The predicted molar refractivity (Wildman–Crippen MR) is 149 cm³/mol. The molecular weight excluding hydrogens is 488 g/mol. The number of nitrogens with one attached hydrogen (secondary N) is 2. The summed E-state index contributed by atoms with van der Waals surface area (Å²) in [6.07, 6.45) is 4.49. The van der Waals surface area contributed by atoms with Gasteiger partial charge in [0, 0.05) is 17.6 Å². The van der Waals surface area contributed by atoms with Crippen molar-refractivity contribution < 1.29 is 19.4 Å². The molecule has 0 aliphatic heterocycles. The second-order valence-electron chi connectivity index (χ2n) is 9.60. The van der Waals surface area contributed by atoms with Gasteiger partial charge in [-0.05, 0) is 73.1 Å². The number of hydrogen-bond acceptors (Lipinski definition) is 5.